The molecule has 0 amide bonds. The lowest BCUT2D eigenvalue weighted by Gasteiger charge is -2.33. The van der Waals surface area contributed by atoms with Crippen molar-refractivity contribution in [2.75, 3.05) is 0 Å². The second-order valence-corrected chi connectivity index (χ2v) is 8.38. The first-order valence-electron chi connectivity index (χ1n) is 11.2. The van der Waals surface area contributed by atoms with Crippen molar-refractivity contribution >= 4 is 5.57 Å². The van der Waals surface area contributed by atoms with Gasteiger partial charge in [-0.3, -0.25) is 0 Å². The van der Waals surface area contributed by atoms with E-state index in [2.05, 4.69) is 101 Å². The molecule has 0 saturated carbocycles. The predicted molar refractivity (Wildman–Crippen MR) is 145 cm³/mol. The smallest absolute Gasteiger partial charge is 0.0725 e. The van der Waals surface area contributed by atoms with Gasteiger partial charge in [0.25, 0.3) is 0 Å². The Labute approximate surface area is 196 Å². The second kappa shape index (κ2) is 9.57. The molecule has 0 aliphatic heterocycles. The number of rotatable bonds is 4. The molecule has 1 aromatic rings. The standard InChI is InChI=1S/C29H28.C2H6.CH4/c1-7-13-25-21(9-3)22-14-11-12-15-26(22)29(25)24(10-4)20(8-2)23-16-18-28(5,6)19-17-27(23)29;1-2;/h7-19H,2-4H2,1,5-6H3;1-2H3;1H4/b13-7-;;. The lowest BCUT2D eigenvalue weighted by molar-refractivity contribution is 0.625. The van der Waals surface area contributed by atoms with E-state index >= 15 is 0 Å². The Morgan fingerprint density at radius 2 is 1.44 bits per heavy atom. The summed E-state index contributed by atoms with van der Waals surface area (Å²) in [6.45, 7) is 23.1. The molecule has 1 atom stereocenters. The summed E-state index contributed by atoms with van der Waals surface area (Å²) in [6.07, 6.45) is 19.5. The summed E-state index contributed by atoms with van der Waals surface area (Å²) in [6, 6.07) is 8.70. The fourth-order valence-electron chi connectivity index (χ4n) is 5.09. The van der Waals surface area contributed by atoms with Crippen LogP contribution in [0.15, 0.2) is 127 Å². The Bertz CT molecular complexity index is 1120. The first-order chi connectivity index (χ1) is 15.0. The van der Waals surface area contributed by atoms with Gasteiger partial charge in [0, 0.05) is 5.41 Å². The number of allylic oxidation sites excluding steroid dienone is 15. The molecule has 0 fully saturated rings. The molecule has 1 spiro atoms. The molecule has 0 heteroatoms. The fourth-order valence-corrected chi connectivity index (χ4v) is 5.09. The molecule has 32 heavy (non-hydrogen) atoms. The Morgan fingerprint density at radius 1 is 0.812 bits per heavy atom. The summed E-state index contributed by atoms with van der Waals surface area (Å²) >= 11 is 0. The molecule has 0 bridgehead atoms. The van der Waals surface area contributed by atoms with Crippen molar-refractivity contribution in [2.24, 2.45) is 5.41 Å². The Kier molecular flexibility index (Phi) is 7.52. The van der Waals surface area contributed by atoms with Crippen LogP contribution in [0.5, 0.6) is 0 Å². The minimum absolute atomic E-state index is 0. The van der Waals surface area contributed by atoms with Gasteiger partial charge < -0.3 is 0 Å². The van der Waals surface area contributed by atoms with Crippen LogP contribution in [0.4, 0.5) is 0 Å². The van der Waals surface area contributed by atoms with Crippen LogP contribution in [0.2, 0.25) is 0 Å². The van der Waals surface area contributed by atoms with Gasteiger partial charge in [-0.1, -0.05) is 134 Å². The topological polar surface area (TPSA) is 0 Å². The average Bonchev–Trinajstić information content (AvgIpc) is 3.15. The van der Waals surface area contributed by atoms with Gasteiger partial charge in [-0.05, 0) is 51.5 Å². The molecule has 4 rings (SSSR count). The highest BCUT2D eigenvalue weighted by molar-refractivity contribution is 5.94. The van der Waals surface area contributed by atoms with Gasteiger partial charge in [-0.15, -0.1) is 0 Å². The van der Waals surface area contributed by atoms with Gasteiger partial charge in [-0.25, -0.2) is 0 Å². The van der Waals surface area contributed by atoms with Crippen LogP contribution in [-0.2, 0) is 5.41 Å². The highest BCUT2D eigenvalue weighted by Gasteiger charge is 2.52. The number of fused-ring (bicyclic) bond motifs is 3. The van der Waals surface area contributed by atoms with Gasteiger partial charge in [0.05, 0.1) is 5.41 Å². The number of hydrogen-bond acceptors (Lipinski definition) is 0. The third kappa shape index (κ3) is 3.39. The van der Waals surface area contributed by atoms with E-state index in [9.17, 15) is 0 Å². The van der Waals surface area contributed by atoms with Gasteiger partial charge in [-0.2, -0.15) is 0 Å². The maximum absolute atomic E-state index is 4.24. The van der Waals surface area contributed by atoms with Crippen LogP contribution in [0.1, 0.15) is 53.2 Å². The van der Waals surface area contributed by atoms with E-state index in [4.69, 9.17) is 0 Å². The molecule has 0 nitrogen and oxygen atoms in total. The number of benzene rings is 1. The normalized spacial score (nSPS) is 22.3. The lowest BCUT2D eigenvalue weighted by atomic mass is 9.67. The summed E-state index contributed by atoms with van der Waals surface area (Å²) in [5, 5.41) is 0. The molecule has 3 aliphatic rings. The Morgan fingerprint density at radius 3 is 2.03 bits per heavy atom. The second-order valence-electron chi connectivity index (χ2n) is 8.38. The minimum atomic E-state index is -0.394. The van der Waals surface area contributed by atoms with Gasteiger partial charge >= 0.3 is 0 Å². The van der Waals surface area contributed by atoms with Crippen molar-refractivity contribution in [2.45, 2.75) is 47.5 Å². The summed E-state index contributed by atoms with van der Waals surface area (Å²) in [5.41, 5.74) is 9.47. The highest BCUT2D eigenvalue weighted by atomic mass is 14.5. The zero-order chi connectivity index (χ0) is 22.8. The zero-order valence-electron chi connectivity index (χ0n) is 19.6. The summed E-state index contributed by atoms with van der Waals surface area (Å²) in [4.78, 5) is 0. The quantitative estimate of drug-likeness (QED) is 0.453. The van der Waals surface area contributed by atoms with E-state index in [-0.39, 0.29) is 12.8 Å². The van der Waals surface area contributed by atoms with Crippen molar-refractivity contribution in [3.8, 4) is 0 Å². The van der Waals surface area contributed by atoms with Crippen molar-refractivity contribution in [1.82, 2.24) is 0 Å². The van der Waals surface area contributed by atoms with Crippen molar-refractivity contribution in [1.29, 1.82) is 0 Å². The van der Waals surface area contributed by atoms with E-state index in [0.717, 1.165) is 5.57 Å². The van der Waals surface area contributed by atoms with Crippen LogP contribution in [0.25, 0.3) is 5.57 Å². The third-order valence-electron chi connectivity index (χ3n) is 6.30. The summed E-state index contributed by atoms with van der Waals surface area (Å²) in [5.74, 6) is 0. The third-order valence-corrected chi connectivity index (χ3v) is 6.30. The molecule has 1 aromatic carbocycles. The Hall–Kier alpha value is -3.12. The van der Waals surface area contributed by atoms with Crippen LogP contribution in [-0.4, -0.2) is 0 Å². The van der Waals surface area contributed by atoms with Crippen LogP contribution in [0.3, 0.4) is 0 Å². The van der Waals surface area contributed by atoms with Crippen molar-refractivity contribution < 1.29 is 0 Å². The summed E-state index contributed by atoms with van der Waals surface area (Å²) < 4.78 is 0. The van der Waals surface area contributed by atoms with E-state index < -0.39 is 5.41 Å². The van der Waals surface area contributed by atoms with Gasteiger partial charge in [0.15, 0.2) is 0 Å². The van der Waals surface area contributed by atoms with E-state index in [1.54, 1.807) is 0 Å². The van der Waals surface area contributed by atoms with Crippen LogP contribution in [0, 0.1) is 5.41 Å². The van der Waals surface area contributed by atoms with Crippen LogP contribution < -0.4 is 0 Å². The molecule has 1 unspecified atom stereocenters. The summed E-state index contributed by atoms with van der Waals surface area (Å²) in [7, 11) is 0. The van der Waals surface area contributed by atoms with Crippen molar-refractivity contribution in [3.05, 3.63) is 138 Å². The molecular formula is C32H38. The maximum atomic E-state index is 4.24. The monoisotopic (exact) mass is 422 g/mol. The van der Waals surface area contributed by atoms with Crippen LogP contribution >= 0.6 is 0 Å². The molecule has 0 aromatic heterocycles. The molecule has 0 radical (unpaired) electrons. The van der Waals surface area contributed by atoms with E-state index in [1.807, 2.05) is 32.1 Å². The maximum Gasteiger partial charge on any atom is 0.0725 e. The molecule has 166 valence electrons. The molecule has 0 saturated heterocycles. The largest absolute Gasteiger partial charge is 0.0987 e. The van der Waals surface area contributed by atoms with E-state index in [0.29, 0.717) is 0 Å². The first-order valence-corrected chi connectivity index (χ1v) is 11.2. The minimum Gasteiger partial charge on any atom is -0.0987 e. The van der Waals surface area contributed by atoms with Crippen molar-refractivity contribution in [3.63, 3.8) is 0 Å². The Balaban J connectivity index is 0.00000118. The first kappa shape index (κ1) is 25.1. The molecule has 0 heterocycles. The molecule has 3 aliphatic carbocycles. The van der Waals surface area contributed by atoms with Gasteiger partial charge in [0.2, 0.25) is 0 Å². The highest BCUT2D eigenvalue weighted by Crippen LogP contribution is 2.62. The average molecular weight is 423 g/mol. The molecule has 0 N–H and O–H groups in total. The predicted octanol–water partition coefficient (Wildman–Crippen LogP) is 9.25. The fraction of sp³-hybridized carbons (Fsp3) is 0.250. The lowest BCUT2D eigenvalue weighted by Crippen LogP contribution is -2.28. The zero-order valence-corrected chi connectivity index (χ0v) is 19.6. The molecular weight excluding hydrogens is 384 g/mol. The van der Waals surface area contributed by atoms with E-state index in [1.165, 1.54) is 39.0 Å². The van der Waals surface area contributed by atoms with Gasteiger partial charge in [0.1, 0.15) is 0 Å². The number of hydrogen-bond donors (Lipinski definition) is 0. The SMILES string of the molecule is C.C=CC1=C(C=C)C2(C3=C1C=CC(C)(C)C=C3)C(/C=C\C)=C(C=C)c1ccccc12.CC.